The number of aromatic nitrogens is 3. The molecule has 112 valence electrons. The number of allylic oxidation sites excluding steroid dienone is 6. The second-order valence-electron chi connectivity index (χ2n) is 6.20. The lowest BCUT2D eigenvalue weighted by molar-refractivity contribution is 0.326. The maximum Gasteiger partial charge on any atom is 0.162 e. The topological polar surface area (TPSA) is 30.7 Å². The van der Waals surface area contributed by atoms with Crippen LogP contribution in [0.4, 0.5) is 4.39 Å². The first kappa shape index (κ1) is 15.4. The van der Waals surface area contributed by atoms with Crippen LogP contribution in [0.2, 0.25) is 0 Å². The summed E-state index contributed by atoms with van der Waals surface area (Å²) in [5.41, 5.74) is 0.738. The molecule has 21 heavy (non-hydrogen) atoms. The first-order chi connectivity index (χ1) is 9.88. The molecule has 0 N–H and O–H groups in total. The lowest BCUT2D eigenvalue weighted by Crippen LogP contribution is -2.16. The van der Waals surface area contributed by atoms with Gasteiger partial charge < -0.3 is 0 Å². The van der Waals surface area contributed by atoms with E-state index in [0.717, 1.165) is 5.57 Å². The highest BCUT2D eigenvalue weighted by Crippen LogP contribution is 2.40. The van der Waals surface area contributed by atoms with E-state index in [2.05, 4.69) is 23.2 Å². The van der Waals surface area contributed by atoms with Crippen LogP contribution in [0.3, 0.4) is 0 Å². The molecule has 1 aromatic heterocycles. The Bertz CT molecular complexity index is 602. The summed E-state index contributed by atoms with van der Waals surface area (Å²) in [5.74, 6) is 1.10. The number of fused-ring (bicyclic) bond motifs is 1. The first-order valence-corrected chi connectivity index (χ1v) is 7.11. The minimum absolute atomic E-state index is 0.148. The van der Waals surface area contributed by atoms with E-state index in [1.165, 1.54) is 0 Å². The van der Waals surface area contributed by atoms with E-state index in [9.17, 15) is 4.39 Å². The summed E-state index contributed by atoms with van der Waals surface area (Å²) in [7, 11) is 0. The van der Waals surface area contributed by atoms with E-state index in [0.29, 0.717) is 18.1 Å². The Balaban J connectivity index is 2.40. The van der Waals surface area contributed by atoms with E-state index in [1.54, 1.807) is 16.8 Å². The van der Waals surface area contributed by atoms with E-state index >= 15 is 0 Å². The van der Waals surface area contributed by atoms with Crippen molar-refractivity contribution in [3.05, 3.63) is 60.8 Å². The molecule has 0 unspecified atom stereocenters. The van der Waals surface area contributed by atoms with Crippen LogP contribution < -0.4 is 0 Å². The fraction of sp³-hybridized carbons (Fsp3) is 0.412. The third kappa shape index (κ3) is 3.04. The van der Waals surface area contributed by atoms with Gasteiger partial charge in [-0.2, -0.15) is 5.10 Å². The second-order valence-corrected chi connectivity index (χ2v) is 6.20. The summed E-state index contributed by atoms with van der Waals surface area (Å²) in [5, 5.41) is 4.52. The molecule has 0 saturated carbocycles. The average molecular weight is 287 g/mol. The fourth-order valence-corrected chi connectivity index (χ4v) is 2.33. The molecule has 1 aliphatic rings. The molecule has 0 radical (unpaired) electrons. The average Bonchev–Trinajstić information content (AvgIpc) is 2.96. The predicted molar refractivity (Wildman–Crippen MR) is 83.8 cm³/mol. The monoisotopic (exact) mass is 287 g/mol. The van der Waals surface area contributed by atoms with E-state index in [4.69, 9.17) is 0 Å². The lowest BCUT2D eigenvalue weighted by atomic mass is 9.96. The molecular weight excluding hydrogens is 265 g/mol. The van der Waals surface area contributed by atoms with Crippen molar-refractivity contribution in [1.29, 1.82) is 0 Å². The maximum atomic E-state index is 14.2. The molecular formula is C17H22FN3. The Morgan fingerprint density at radius 2 is 2.05 bits per heavy atom. The first-order valence-electron chi connectivity index (χ1n) is 7.11. The van der Waals surface area contributed by atoms with Gasteiger partial charge in [-0.1, -0.05) is 64.3 Å². The smallest absolute Gasteiger partial charge is 0.162 e. The summed E-state index contributed by atoms with van der Waals surface area (Å²) < 4.78 is 15.9. The van der Waals surface area contributed by atoms with Crippen molar-refractivity contribution in [2.24, 2.45) is 0 Å². The van der Waals surface area contributed by atoms with Crippen molar-refractivity contribution in [2.45, 2.75) is 44.8 Å². The van der Waals surface area contributed by atoms with Gasteiger partial charge in [-0.3, -0.25) is 0 Å². The van der Waals surface area contributed by atoms with Crippen LogP contribution in [0, 0.1) is 0 Å². The molecule has 0 aliphatic carbocycles. The van der Waals surface area contributed by atoms with Gasteiger partial charge in [0, 0.05) is 11.8 Å². The van der Waals surface area contributed by atoms with Crippen LogP contribution in [-0.4, -0.2) is 14.8 Å². The normalized spacial score (nSPS) is 22.6. The zero-order valence-electron chi connectivity index (χ0n) is 12.9. The highest BCUT2D eigenvalue weighted by atomic mass is 19.1. The van der Waals surface area contributed by atoms with Crippen molar-refractivity contribution in [3.8, 4) is 0 Å². The third-order valence-electron chi connectivity index (χ3n) is 3.49. The van der Waals surface area contributed by atoms with Gasteiger partial charge in [-0.05, 0) is 5.57 Å². The number of hydrogen-bond acceptors (Lipinski definition) is 2. The summed E-state index contributed by atoms with van der Waals surface area (Å²) >= 11 is 0. The SMILES string of the molecule is C=C/C=C\C=C(/C=C)[C@@H]1C[C@H](F)c2nc(C(C)(C)C)nn21. The number of nitrogens with zero attached hydrogens (tertiary/aromatic N) is 3. The van der Waals surface area contributed by atoms with Crippen molar-refractivity contribution in [2.75, 3.05) is 0 Å². The van der Waals surface area contributed by atoms with Gasteiger partial charge in [-0.25, -0.2) is 14.1 Å². The van der Waals surface area contributed by atoms with Gasteiger partial charge in [0.05, 0.1) is 6.04 Å². The van der Waals surface area contributed by atoms with Crippen molar-refractivity contribution >= 4 is 0 Å². The molecule has 0 aromatic carbocycles. The van der Waals surface area contributed by atoms with Gasteiger partial charge in [0.1, 0.15) is 0 Å². The van der Waals surface area contributed by atoms with Crippen LogP contribution in [0.15, 0.2) is 49.1 Å². The van der Waals surface area contributed by atoms with Gasteiger partial charge in [0.15, 0.2) is 17.8 Å². The van der Waals surface area contributed by atoms with Crippen LogP contribution in [0.1, 0.15) is 51.1 Å². The molecule has 0 saturated heterocycles. The third-order valence-corrected chi connectivity index (χ3v) is 3.49. The Morgan fingerprint density at radius 3 is 2.62 bits per heavy atom. The number of alkyl halides is 1. The van der Waals surface area contributed by atoms with Crippen LogP contribution >= 0.6 is 0 Å². The zero-order chi connectivity index (χ0) is 15.6. The minimum Gasteiger partial charge on any atom is -0.239 e. The van der Waals surface area contributed by atoms with Crippen LogP contribution in [-0.2, 0) is 5.41 Å². The van der Waals surface area contributed by atoms with Gasteiger partial charge in [0.25, 0.3) is 0 Å². The van der Waals surface area contributed by atoms with Gasteiger partial charge >= 0.3 is 0 Å². The van der Waals surface area contributed by atoms with Gasteiger partial charge in [0.2, 0.25) is 0 Å². The number of halogens is 1. The highest BCUT2D eigenvalue weighted by Gasteiger charge is 2.37. The molecule has 1 aliphatic heterocycles. The quantitative estimate of drug-likeness (QED) is 0.769. The molecule has 4 heteroatoms. The summed E-state index contributed by atoms with van der Waals surface area (Å²) in [4.78, 5) is 4.39. The van der Waals surface area contributed by atoms with Gasteiger partial charge in [-0.15, -0.1) is 0 Å². The minimum atomic E-state index is -1.08. The molecule has 3 nitrogen and oxygen atoms in total. The lowest BCUT2D eigenvalue weighted by Gasteiger charge is -2.15. The molecule has 0 fully saturated rings. The maximum absolute atomic E-state index is 14.2. The predicted octanol–water partition coefficient (Wildman–Crippen LogP) is 4.39. The number of rotatable bonds is 4. The Kier molecular flexibility index (Phi) is 4.26. The Hall–Kier alpha value is -1.97. The second kappa shape index (κ2) is 5.80. The highest BCUT2D eigenvalue weighted by molar-refractivity contribution is 5.30. The Labute approximate surface area is 125 Å². The summed E-state index contributed by atoms with van der Waals surface area (Å²) in [6.07, 6.45) is 8.34. The van der Waals surface area contributed by atoms with Crippen molar-refractivity contribution < 1.29 is 4.39 Å². The summed E-state index contributed by atoms with van der Waals surface area (Å²) in [6, 6.07) is -0.148. The molecule has 0 bridgehead atoms. The fourth-order valence-electron chi connectivity index (χ4n) is 2.33. The molecule has 2 rings (SSSR count). The van der Waals surface area contributed by atoms with Crippen molar-refractivity contribution in [1.82, 2.24) is 14.8 Å². The molecule has 0 spiro atoms. The number of hydrogen-bond donors (Lipinski definition) is 0. The summed E-state index contributed by atoms with van der Waals surface area (Å²) in [6.45, 7) is 13.5. The molecule has 0 amide bonds. The molecule has 2 heterocycles. The zero-order valence-corrected chi connectivity index (χ0v) is 12.9. The Morgan fingerprint density at radius 1 is 1.33 bits per heavy atom. The van der Waals surface area contributed by atoms with E-state index in [-0.39, 0.29) is 11.5 Å². The largest absolute Gasteiger partial charge is 0.239 e. The standard InChI is InChI=1S/C17H22FN3/c1-6-8-9-10-12(7-2)14-11-13(18)15-19-16(17(3,4)5)20-21(14)15/h6-10,13-14H,1-2,11H2,3-5H3/b9-8-,12-10+/t13-,14-/m0/s1. The van der Waals surface area contributed by atoms with Crippen LogP contribution in [0.5, 0.6) is 0 Å². The van der Waals surface area contributed by atoms with Crippen molar-refractivity contribution in [3.63, 3.8) is 0 Å². The molecule has 2 atom stereocenters. The molecule has 1 aromatic rings. The van der Waals surface area contributed by atoms with Crippen LogP contribution in [0.25, 0.3) is 0 Å². The van der Waals surface area contributed by atoms with E-state index in [1.807, 2.05) is 39.0 Å². The van der Waals surface area contributed by atoms with E-state index < -0.39 is 6.17 Å².